The van der Waals surface area contributed by atoms with E-state index in [4.69, 9.17) is 4.74 Å². The van der Waals surface area contributed by atoms with E-state index in [-0.39, 0.29) is 29.8 Å². The summed E-state index contributed by atoms with van der Waals surface area (Å²) in [5.74, 6) is 0.478. The van der Waals surface area contributed by atoms with E-state index >= 15 is 0 Å². The Labute approximate surface area is 146 Å². The van der Waals surface area contributed by atoms with Gasteiger partial charge in [0.1, 0.15) is 6.10 Å². The lowest BCUT2D eigenvalue weighted by atomic mass is 9.96. The van der Waals surface area contributed by atoms with Gasteiger partial charge in [0.2, 0.25) is 11.8 Å². The van der Waals surface area contributed by atoms with Crippen LogP contribution in [0.1, 0.15) is 42.2 Å². The molecule has 1 aromatic heterocycles. The van der Waals surface area contributed by atoms with Crippen LogP contribution < -0.4 is 5.32 Å². The van der Waals surface area contributed by atoms with Crippen LogP contribution in [-0.4, -0.2) is 43.0 Å². The Hall–Kier alpha value is -1.40. The summed E-state index contributed by atoms with van der Waals surface area (Å²) in [7, 11) is 0. The number of piperidine rings is 1. The Balaban J connectivity index is 1.31. The smallest absolute Gasteiger partial charge is 0.225 e. The number of rotatable bonds is 4. The summed E-state index contributed by atoms with van der Waals surface area (Å²) in [5.41, 5.74) is 1.22. The Morgan fingerprint density at radius 1 is 1.29 bits per heavy atom. The van der Waals surface area contributed by atoms with Gasteiger partial charge in [0.15, 0.2) is 0 Å². The first-order chi connectivity index (χ1) is 11.7. The van der Waals surface area contributed by atoms with Crippen molar-refractivity contribution in [1.82, 2.24) is 10.2 Å². The van der Waals surface area contributed by atoms with Gasteiger partial charge in [-0.1, -0.05) is 0 Å². The molecule has 3 aliphatic rings. The van der Waals surface area contributed by atoms with Gasteiger partial charge in [-0.05, 0) is 42.7 Å². The topological polar surface area (TPSA) is 58.6 Å². The molecule has 0 bridgehead atoms. The van der Waals surface area contributed by atoms with Gasteiger partial charge in [-0.25, -0.2) is 0 Å². The van der Waals surface area contributed by atoms with Crippen molar-refractivity contribution in [1.29, 1.82) is 0 Å². The highest BCUT2D eigenvalue weighted by molar-refractivity contribution is 7.10. The highest BCUT2D eigenvalue weighted by atomic mass is 32.1. The number of amides is 2. The quantitative estimate of drug-likeness (QED) is 0.907. The Morgan fingerprint density at radius 2 is 2.17 bits per heavy atom. The molecule has 1 aliphatic carbocycles. The molecule has 0 unspecified atom stereocenters. The molecule has 5 nitrogen and oxygen atoms in total. The summed E-state index contributed by atoms with van der Waals surface area (Å²) in [5, 5.41) is 5.15. The predicted octanol–water partition coefficient (Wildman–Crippen LogP) is 2.13. The van der Waals surface area contributed by atoms with Crippen molar-refractivity contribution in [3.05, 3.63) is 21.9 Å². The molecule has 1 aromatic rings. The van der Waals surface area contributed by atoms with E-state index in [1.807, 2.05) is 4.90 Å². The maximum Gasteiger partial charge on any atom is 0.225 e. The summed E-state index contributed by atoms with van der Waals surface area (Å²) >= 11 is 1.77. The van der Waals surface area contributed by atoms with Gasteiger partial charge in [0.25, 0.3) is 0 Å². The predicted molar refractivity (Wildman–Crippen MR) is 91.8 cm³/mol. The minimum absolute atomic E-state index is 0.0308. The van der Waals surface area contributed by atoms with Gasteiger partial charge in [-0.3, -0.25) is 9.59 Å². The summed E-state index contributed by atoms with van der Waals surface area (Å²) in [6, 6.07) is 2.10. The zero-order valence-electron chi connectivity index (χ0n) is 13.8. The first-order valence-corrected chi connectivity index (χ1v) is 9.84. The van der Waals surface area contributed by atoms with Crippen LogP contribution in [0.4, 0.5) is 0 Å². The number of carbonyl (C=O) groups excluding carboxylic acids is 2. The van der Waals surface area contributed by atoms with Crippen LogP contribution >= 0.6 is 11.3 Å². The standard InChI is InChI=1S/C18H24N2O3S/c21-17(13-2-1-7-20(11-13)18(22)12-3-4-12)19-10-15-14-6-9-24-16(14)5-8-23-15/h6,9,12-13,15H,1-5,7-8,10-11H2,(H,19,21)/t13-,15+/m1/s1. The summed E-state index contributed by atoms with van der Waals surface area (Å²) in [6.07, 6.45) is 4.78. The molecule has 0 radical (unpaired) electrons. The summed E-state index contributed by atoms with van der Waals surface area (Å²) in [6.45, 7) is 2.64. The molecule has 2 amide bonds. The zero-order chi connectivity index (χ0) is 16.5. The molecule has 2 aliphatic heterocycles. The van der Waals surface area contributed by atoms with Crippen LogP contribution in [0.3, 0.4) is 0 Å². The van der Waals surface area contributed by atoms with Gasteiger partial charge in [0.05, 0.1) is 12.5 Å². The van der Waals surface area contributed by atoms with E-state index in [9.17, 15) is 9.59 Å². The summed E-state index contributed by atoms with van der Waals surface area (Å²) < 4.78 is 5.83. The van der Waals surface area contributed by atoms with Crippen LogP contribution in [0.5, 0.6) is 0 Å². The zero-order valence-corrected chi connectivity index (χ0v) is 14.6. The Morgan fingerprint density at radius 3 is 3.00 bits per heavy atom. The highest BCUT2D eigenvalue weighted by Gasteiger charge is 2.36. The molecule has 1 saturated heterocycles. The van der Waals surface area contributed by atoms with Crippen molar-refractivity contribution in [3.8, 4) is 0 Å². The lowest BCUT2D eigenvalue weighted by Gasteiger charge is -2.32. The van der Waals surface area contributed by atoms with E-state index in [0.29, 0.717) is 13.1 Å². The molecular formula is C18H24N2O3S. The van der Waals surface area contributed by atoms with E-state index < -0.39 is 0 Å². The largest absolute Gasteiger partial charge is 0.371 e. The fourth-order valence-electron chi connectivity index (χ4n) is 3.71. The molecule has 4 rings (SSSR count). The van der Waals surface area contributed by atoms with Crippen LogP contribution in [0.15, 0.2) is 11.4 Å². The SMILES string of the molecule is O=C(NC[C@@H]1OCCc2sccc21)[C@@H]1CCCN(C(=O)C2CC2)C1. The average Bonchev–Trinajstić information content (AvgIpc) is 3.36. The van der Waals surface area contributed by atoms with Gasteiger partial charge < -0.3 is 15.0 Å². The van der Waals surface area contributed by atoms with Crippen molar-refractivity contribution in [3.63, 3.8) is 0 Å². The van der Waals surface area contributed by atoms with Crippen molar-refractivity contribution in [2.75, 3.05) is 26.2 Å². The minimum Gasteiger partial charge on any atom is -0.371 e. The first-order valence-electron chi connectivity index (χ1n) is 8.96. The van der Waals surface area contributed by atoms with Crippen LogP contribution in [-0.2, 0) is 20.7 Å². The molecule has 24 heavy (non-hydrogen) atoms. The molecule has 6 heteroatoms. The van der Waals surface area contributed by atoms with Gasteiger partial charge in [-0.2, -0.15) is 0 Å². The van der Waals surface area contributed by atoms with Crippen LogP contribution in [0.25, 0.3) is 0 Å². The lowest BCUT2D eigenvalue weighted by molar-refractivity contribution is -0.137. The third kappa shape index (κ3) is 3.35. The average molecular weight is 348 g/mol. The molecule has 1 saturated carbocycles. The second-order valence-electron chi connectivity index (χ2n) is 7.05. The number of hydrogen-bond donors (Lipinski definition) is 1. The van der Waals surface area contributed by atoms with E-state index in [1.54, 1.807) is 11.3 Å². The van der Waals surface area contributed by atoms with Gasteiger partial charge in [0, 0.05) is 36.9 Å². The second kappa shape index (κ2) is 6.84. The third-order valence-electron chi connectivity index (χ3n) is 5.27. The monoisotopic (exact) mass is 348 g/mol. The van der Waals surface area contributed by atoms with Crippen molar-refractivity contribution in [2.45, 2.75) is 38.2 Å². The van der Waals surface area contributed by atoms with Gasteiger partial charge in [-0.15, -0.1) is 11.3 Å². The van der Waals surface area contributed by atoms with Crippen molar-refractivity contribution in [2.24, 2.45) is 11.8 Å². The Bertz CT molecular complexity index is 626. The third-order valence-corrected chi connectivity index (χ3v) is 6.26. The normalized spacial score (nSPS) is 26.8. The Kier molecular flexibility index (Phi) is 4.59. The number of thiophene rings is 1. The number of nitrogens with zero attached hydrogens (tertiary/aromatic N) is 1. The fourth-order valence-corrected chi connectivity index (χ4v) is 4.63. The number of carbonyl (C=O) groups is 2. The van der Waals surface area contributed by atoms with Crippen LogP contribution in [0.2, 0.25) is 0 Å². The first kappa shape index (κ1) is 16.1. The number of fused-ring (bicyclic) bond motifs is 1. The van der Waals surface area contributed by atoms with Gasteiger partial charge >= 0.3 is 0 Å². The van der Waals surface area contributed by atoms with Crippen molar-refractivity contribution < 1.29 is 14.3 Å². The molecule has 0 aromatic carbocycles. The van der Waals surface area contributed by atoms with E-state index in [1.165, 1.54) is 10.4 Å². The molecule has 2 fully saturated rings. The molecule has 3 heterocycles. The molecular weight excluding hydrogens is 324 g/mol. The maximum atomic E-state index is 12.5. The van der Waals surface area contributed by atoms with E-state index in [0.717, 1.165) is 45.3 Å². The number of nitrogens with one attached hydrogen (secondary N) is 1. The van der Waals surface area contributed by atoms with Crippen LogP contribution in [0, 0.1) is 11.8 Å². The molecule has 0 spiro atoms. The number of hydrogen-bond acceptors (Lipinski definition) is 4. The second-order valence-corrected chi connectivity index (χ2v) is 8.05. The highest BCUT2D eigenvalue weighted by Crippen LogP contribution is 2.33. The molecule has 1 N–H and O–H groups in total. The molecule has 130 valence electrons. The fraction of sp³-hybridized carbons (Fsp3) is 0.667. The van der Waals surface area contributed by atoms with Crippen molar-refractivity contribution >= 4 is 23.2 Å². The summed E-state index contributed by atoms with van der Waals surface area (Å²) in [4.78, 5) is 28.0. The van der Waals surface area contributed by atoms with E-state index in [2.05, 4.69) is 16.8 Å². The number of likely N-dealkylation sites (tertiary alicyclic amines) is 1. The number of ether oxygens (including phenoxy) is 1. The molecule has 2 atom stereocenters. The maximum absolute atomic E-state index is 12.5. The minimum atomic E-state index is -0.0769. The lowest BCUT2D eigenvalue weighted by Crippen LogP contribution is -2.46.